The molecule has 1 amide bonds. The molecule has 0 aromatic rings. The molecule has 3 atom stereocenters. The monoisotopic (exact) mass is 785 g/mol. The summed E-state index contributed by atoms with van der Waals surface area (Å²) in [4.78, 5) is 22.7. The first-order chi connectivity index (χ1) is 26.4. The van der Waals surface area contributed by atoms with Crippen LogP contribution in [0.4, 0.5) is 0 Å². The maximum atomic E-state index is 12.8. The van der Waals surface area contributed by atoms with Gasteiger partial charge in [-0.15, -0.1) is 0 Å². The second-order valence-electron chi connectivity index (χ2n) is 15.6. The second kappa shape index (κ2) is 41.6. The lowest BCUT2D eigenvalue weighted by Gasteiger charge is -2.23. The Morgan fingerprint density at radius 3 is 1.43 bits per heavy atom. The minimum absolute atomic E-state index is 0.0760. The molecule has 0 aliphatic rings. The molecule has 54 heavy (non-hydrogen) atoms. The lowest BCUT2D eigenvalue weighted by atomic mass is 10.0. The van der Waals surface area contributed by atoms with E-state index in [1.807, 2.05) is 6.08 Å². The number of carbonyl (C=O) groups is 1. The van der Waals surface area contributed by atoms with Crippen molar-refractivity contribution in [2.75, 3.05) is 19.8 Å². The minimum Gasteiger partial charge on any atom is -0.387 e. The van der Waals surface area contributed by atoms with E-state index in [1.165, 1.54) is 167 Å². The normalized spacial score (nSPS) is 14.2. The van der Waals surface area contributed by atoms with Gasteiger partial charge in [-0.25, -0.2) is 4.57 Å². The number of unbranched alkanes of at least 4 members (excludes halogenated alkanes) is 29. The molecule has 0 radical (unpaired) electrons. The Labute approximate surface area is 334 Å². The Hall–Kier alpha value is -1.02. The molecular weight excluding hydrogens is 695 g/mol. The summed E-state index contributed by atoms with van der Waals surface area (Å²) in [5.74, 6) is -0.200. The van der Waals surface area contributed by atoms with Crippen LogP contribution in [0, 0.1) is 0 Å². The highest BCUT2D eigenvalue weighted by Crippen LogP contribution is 2.43. The molecule has 5 N–H and O–H groups in total. The van der Waals surface area contributed by atoms with Crippen molar-refractivity contribution in [2.24, 2.45) is 5.73 Å². The third-order valence-corrected chi connectivity index (χ3v) is 11.3. The fourth-order valence-corrected chi connectivity index (χ4v) is 7.56. The number of rotatable bonds is 43. The van der Waals surface area contributed by atoms with Crippen molar-refractivity contribution in [3.63, 3.8) is 0 Å². The van der Waals surface area contributed by atoms with Crippen LogP contribution >= 0.6 is 7.82 Å². The van der Waals surface area contributed by atoms with E-state index in [2.05, 4.69) is 31.3 Å². The molecule has 0 aliphatic heterocycles. The molecule has 0 rings (SSSR count). The van der Waals surface area contributed by atoms with Crippen LogP contribution in [0.25, 0.3) is 0 Å². The number of nitrogens with one attached hydrogen (secondary N) is 1. The summed E-state index contributed by atoms with van der Waals surface area (Å²) in [6.45, 7) is 4.14. The van der Waals surface area contributed by atoms with Crippen molar-refractivity contribution in [3.8, 4) is 0 Å². The Balaban J connectivity index is 4.20. The van der Waals surface area contributed by atoms with Crippen LogP contribution in [0.5, 0.6) is 0 Å². The fourth-order valence-electron chi connectivity index (χ4n) is 6.80. The molecule has 0 aliphatic carbocycles. The lowest BCUT2D eigenvalue weighted by molar-refractivity contribution is -0.123. The average molecular weight is 785 g/mol. The van der Waals surface area contributed by atoms with Gasteiger partial charge in [-0.1, -0.05) is 212 Å². The number of amides is 1. The van der Waals surface area contributed by atoms with Gasteiger partial charge < -0.3 is 21.1 Å². The number of aliphatic hydroxyl groups excluding tert-OH is 1. The SMILES string of the molecule is CCCCCCCCCCCCC/C=C/CC/C=C/C(O)C(COP(=O)(O)OCCN)NC(=O)CCCCCCCCCCCCCCCCCCCC. The summed E-state index contributed by atoms with van der Waals surface area (Å²) < 4.78 is 22.1. The van der Waals surface area contributed by atoms with Crippen LogP contribution < -0.4 is 11.1 Å². The summed E-state index contributed by atoms with van der Waals surface area (Å²) >= 11 is 0. The van der Waals surface area contributed by atoms with E-state index in [-0.39, 0.29) is 25.7 Å². The summed E-state index contributed by atoms with van der Waals surface area (Å²) in [5.41, 5.74) is 5.38. The molecule has 0 spiro atoms. The van der Waals surface area contributed by atoms with Gasteiger partial charge in [0.05, 0.1) is 25.4 Å². The van der Waals surface area contributed by atoms with E-state index >= 15 is 0 Å². The molecule has 0 aromatic carbocycles. The minimum atomic E-state index is -4.34. The number of aliphatic hydroxyl groups is 1. The second-order valence-corrected chi connectivity index (χ2v) is 17.1. The van der Waals surface area contributed by atoms with Crippen LogP contribution in [-0.2, 0) is 18.4 Å². The van der Waals surface area contributed by atoms with E-state index in [4.69, 9.17) is 14.8 Å². The standard InChI is InChI=1S/C45H89N2O6P/c1-3-5-7-9-11-13-15-17-19-21-23-25-27-29-31-33-35-37-39-45(49)47-43(42-53-54(50,51)52-41-40-46)44(48)38-36-34-32-30-28-26-24-22-20-18-16-14-12-10-8-6-4-2/h28,30,36,38,43-44,48H,3-27,29,31-35,37,39-42,46H2,1-2H3,(H,47,49)(H,50,51)/b30-28+,38-36+. The highest BCUT2D eigenvalue weighted by atomic mass is 31.2. The lowest BCUT2D eigenvalue weighted by Crippen LogP contribution is -2.45. The zero-order valence-electron chi connectivity index (χ0n) is 35.5. The van der Waals surface area contributed by atoms with Gasteiger partial charge in [0, 0.05) is 13.0 Å². The Kier molecular flexibility index (Phi) is 40.8. The van der Waals surface area contributed by atoms with E-state index in [1.54, 1.807) is 6.08 Å². The van der Waals surface area contributed by atoms with E-state index in [0.29, 0.717) is 6.42 Å². The van der Waals surface area contributed by atoms with Crippen molar-refractivity contribution >= 4 is 13.7 Å². The van der Waals surface area contributed by atoms with Crippen LogP contribution in [0.2, 0.25) is 0 Å². The molecule has 320 valence electrons. The Bertz CT molecular complexity index is 901. The smallest absolute Gasteiger partial charge is 0.387 e. The van der Waals surface area contributed by atoms with Gasteiger partial charge in [0.15, 0.2) is 0 Å². The largest absolute Gasteiger partial charge is 0.472 e. The van der Waals surface area contributed by atoms with Crippen LogP contribution in [-0.4, -0.2) is 47.8 Å². The van der Waals surface area contributed by atoms with Gasteiger partial charge in [-0.3, -0.25) is 13.8 Å². The summed E-state index contributed by atoms with van der Waals surface area (Å²) in [6, 6.07) is -0.872. The van der Waals surface area contributed by atoms with Crippen molar-refractivity contribution in [1.29, 1.82) is 0 Å². The molecule has 0 fully saturated rings. The van der Waals surface area contributed by atoms with Crippen molar-refractivity contribution in [1.82, 2.24) is 5.32 Å². The quantitative estimate of drug-likeness (QED) is 0.0275. The van der Waals surface area contributed by atoms with Gasteiger partial charge in [0.2, 0.25) is 5.91 Å². The predicted octanol–water partition coefficient (Wildman–Crippen LogP) is 12.9. The summed E-state index contributed by atoms with van der Waals surface area (Å²) in [5, 5.41) is 13.7. The highest BCUT2D eigenvalue weighted by Gasteiger charge is 2.26. The molecule has 0 aromatic heterocycles. The number of hydrogen-bond acceptors (Lipinski definition) is 6. The Morgan fingerprint density at radius 1 is 0.593 bits per heavy atom. The van der Waals surface area contributed by atoms with Gasteiger partial charge in [0.1, 0.15) is 0 Å². The zero-order valence-corrected chi connectivity index (χ0v) is 36.4. The van der Waals surface area contributed by atoms with Crippen LogP contribution in [0.1, 0.15) is 226 Å². The third kappa shape index (κ3) is 39.2. The topological polar surface area (TPSA) is 131 Å². The number of phosphoric ester groups is 1. The molecular formula is C45H89N2O6P. The maximum Gasteiger partial charge on any atom is 0.472 e. The Morgan fingerprint density at radius 2 is 0.981 bits per heavy atom. The van der Waals surface area contributed by atoms with Gasteiger partial charge in [-0.05, 0) is 32.1 Å². The first-order valence-corrected chi connectivity index (χ1v) is 24.5. The summed E-state index contributed by atoms with van der Waals surface area (Å²) in [7, 11) is -4.34. The van der Waals surface area contributed by atoms with E-state index in [0.717, 1.165) is 38.5 Å². The number of nitrogens with two attached hydrogens (primary N) is 1. The average Bonchev–Trinajstić information content (AvgIpc) is 3.16. The van der Waals surface area contributed by atoms with E-state index < -0.39 is 20.0 Å². The fraction of sp³-hybridized carbons (Fsp3) is 0.889. The molecule has 0 saturated heterocycles. The van der Waals surface area contributed by atoms with E-state index in [9.17, 15) is 19.4 Å². The molecule has 0 heterocycles. The molecule has 3 unspecified atom stereocenters. The molecule has 8 nitrogen and oxygen atoms in total. The van der Waals surface area contributed by atoms with Gasteiger partial charge in [-0.2, -0.15) is 0 Å². The van der Waals surface area contributed by atoms with Gasteiger partial charge >= 0.3 is 7.82 Å². The van der Waals surface area contributed by atoms with Crippen LogP contribution in [0.3, 0.4) is 0 Å². The molecule has 0 bridgehead atoms. The maximum absolute atomic E-state index is 12.8. The van der Waals surface area contributed by atoms with Crippen molar-refractivity contribution in [3.05, 3.63) is 24.3 Å². The van der Waals surface area contributed by atoms with Crippen LogP contribution in [0.15, 0.2) is 24.3 Å². The summed E-state index contributed by atoms with van der Waals surface area (Å²) in [6.07, 6.45) is 48.0. The molecule has 0 saturated carbocycles. The first kappa shape index (κ1) is 53.0. The van der Waals surface area contributed by atoms with Crippen molar-refractivity contribution < 1.29 is 28.4 Å². The predicted molar refractivity (Wildman–Crippen MR) is 231 cm³/mol. The van der Waals surface area contributed by atoms with Crippen molar-refractivity contribution in [2.45, 2.75) is 238 Å². The number of carbonyl (C=O) groups excluding carboxylic acids is 1. The molecule has 9 heteroatoms. The first-order valence-electron chi connectivity index (χ1n) is 23.0. The zero-order chi connectivity index (χ0) is 39.6. The number of phosphoric acid groups is 1. The highest BCUT2D eigenvalue weighted by molar-refractivity contribution is 7.47. The number of hydrogen-bond donors (Lipinski definition) is 4. The van der Waals surface area contributed by atoms with Gasteiger partial charge in [0.25, 0.3) is 0 Å². The number of allylic oxidation sites excluding steroid dienone is 3. The third-order valence-electron chi connectivity index (χ3n) is 10.3.